The van der Waals surface area contributed by atoms with Gasteiger partial charge in [0.15, 0.2) is 5.69 Å². The number of hydrogen-bond acceptors (Lipinski definition) is 6. The number of nitrogens with zero attached hydrogens (tertiary/aromatic N) is 3. The van der Waals surface area contributed by atoms with Crippen LogP contribution in [0.3, 0.4) is 0 Å². The molecule has 0 fully saturated rings. The molecule has 1 rings (SSSR count). The predicted molar refractivity (Wildman–Crippen MR) is 58.5 cm³/mol. The molecule has 0 saturated heterocycles. The van der Waals surface area contributed by atoms with Crippen molar-refractivity contribution in [2.75, 3.05) is 21.3 Å². The van der Waals surface area contributed by atoms with E-state index in [0.29, 0.717) is 12.2 Å². The van der Waals surface area contributed by atoms with Gasteiger partial charge in [-0.25, -0.2) is 9.48 Å². The lowest BCUT2D eigenvalue weighted by molar-refractivity contribution is 0.0587. The molecule has 7 nitrogen and oxygen atoms in total. The fraction of sp³-hybridized carbons (Fsp3) is 0.700. The fourth-order valence-electron chi connectivity index (χ4n) is 1.33. The predicted octanol–water partition coefficient (Wildman–Crippen LogP) is 0.246. The molecule has 0 aromatic carbocycles. The van der Waals surface area contributed by atoms with Crippen LogP contribution >= 0.6 is 0 Å². The summed E-state index contributed by atoms with van der Waals surface area (Å²) in [4.78, 5) is 11.5. The Morgan fingerprint density at radius 2 is 2.12 bits per heavy atom. The van der Waals surface area contributed by atoms with Gasteiger partial charge in [-0.1, -0.05) is 5.21 Å². The quantitative estimate of drug-likeness (QED) is 0.666. The highest BCUT2D eigenvalue weighted by atomic mass is 16.5. The second-order valence-corrected chi connectivity index (χ2v) is 3.54. The summed E-state index contributed by atoms with van der Waals surface area (Å²) in [6.45, 7) is 2.64. The van der Waals surface area contributed by atoms with Crippen LogP contribution in [0.5, 0.6) is 0 Å². The van der Waals surface area contributed by atoms with Gasteiger partial charge in [0.05, 0.1) is 32.1 Å². The second-order valence-electron chi connectivity index (χ2n) is 3.54. The maximum Gasteiger partial charge on any atom is 0.360 e. The molecule has 1 heterocycles. The summed E-state index contributed by atoms with van der Waals surface area (Å²) in [5, 5.41) is 7.69. The van der Waals surface area contributed by atoms with Crippen LogP contribution in [0.2, 0.25) is 0 Å². The van der Waals surface area contributed by atoms with Gasteiger partial charge in [0.25, 0.3) is 0 Å². The number of ether oxygens (including phenoxy) is 3. The first-order valence-corrected chi connectivity index (χ1v) is 5.16. The molecule has 0 saturated carbocycles. The Balaban J connectivity index is 2.97. The lowest BCUT2D eigenvalue weighted by Gasteiger charge is -2.11. The SMILES string of the molecule is COCc1c(C(=O)OC)nnn1CC(C)OC. The molecule has 0 amide bonds. The molecule has 0 bridgehead atoms. The maximum atomic E-state index is 11.5. The van der Waals surface area contributed by atoms with Crippen LogP contribution in [0.15, 0.2) is 0 Å². The van der Waals surface area contributed by atoms with E-state index < -0.39 is 5.97 Å². The third-order valence-corrected chi connectivity index (χ3v) is 2.33. The average Bonchev–Trinajstić information content (AvgIpc) is 2.72. The molecule has 0 spiro atoms. The van der Waals surface area contributed by atoms with E-state index in [2.05, 4.69) is 15.0 Å². The number of carbonyl (C=O) groups excluding carboxylic acids is 1. The number of hydrogen-bond donors (Lipinski definition) is 0. The van der Waals surface area contributed by atoms with Crippen LogP contribution in [0, 0.1) is 0 Å². The van der Waals surface area contributed by atoms with Gasteiger partial charge in [-0.3, -0.25) is 0 Å². The summed E-state index contributed by atoms with van der Waals surface area (Å²) < 4.78 is 16.4. The van der Waals surface area contributed by atoms with Crippen LogP contribution in [0.1, 0.15) is 23.1 Å². The monoisotopic (exact) mass is 243 g/mol. The van der Waals surface area contributed by atoms with E-state index in [1.54, 1.807) is 11.8 Å². The first-order chi connectivity index (χ1) is 8.13. The van der Waals surface area contributed by atoms with Crippen LogP contribution in [-0.4, -0.2) is 48.4 Å². The lowest BCUT2D eigenvalue weighted by Crippen LogP contribution is -2.19. The minimum atomic E-state index is -0.520. The average molecular weight is 243 g/mol. The molecule has 96 valence electrons. The topological polar surface area (TPSA) is 75.5 Å². The fourth-order valence-corrected chi connectivity index (χ4v) is 1.33. The van der Waals surface area contributed by atoms with E-state index in [-0.39, 0.29) is 18.4 Å². The maximum absolute atomic E-state index is 11.5. The zero-order valence-electron chi connectivity index (χ0n) is 10.5. The molecule has 17 heavy (non-hydrogen) atoms. The highest BCUT2D eigenvalue weighted by molar-refractivity contribution is 5.88. The highest BCUT2D eigenvalue weighted by Gasteiger charge is 2.20. The molecule has 0 aliphatic heterocycles. The van der Waals surface area contributed by atoms with Gasteiger partial charge < -0.3 is 14.2 Å². The zero-order valence-corrected chi connectivity index (χ0v) is 10.5. The van der Waals surface area contributed by atoms with Crippen molar-refractivity contribution in [2.24, 2.45) is 0 Å². The van der Waals surface area contributed by atoms with E-state index in [9.17, 15) is 4.79 Å². The summed E-state index contributed by atoms with van der Waals surface area (Å²) in [7, 11) is 4.45. The molecule has 0 radical (unpaired) electrons. The number of rotatable bonds is 6. The van der Waals surface area contributed by atoms with E-state index in [1.165, 1.54) is 14.2 Å². The van der Waals surface area contributed by atoms with Crippen molar-refractivity contribution in [3.05, 3.63) is 11.4 Å². The molecule has 1 unspecified atom stereocenters. The summed E-state index contributed by atoms with van der Waals surface area (Å²) in [6, 6.07) is 0. The summed E-state index contributed by atoms with van der Waals surface area (Å²) in [6.07, 6.45) is -0.0298. The normalized spacial score (nSPS) is 12.5. The van der Waals surface area contributed by atoms with Gasteiger partial charge in [0.1, 0.15) is 0 Å². The van der Waals surface area contributed by atoms with E-state index in [4.69, 9.17) is 9.47 Å². The van der Waals surface area contributed by atoms with Crippen LogP contribution < -0.4 is 0 Å². The highest BCUT2D eigenvalue weighted by Crippen LogP contribution is 2.09. The van der Waals surface area contributed by atoms with Crippen molar-refractivity contribution in [1.82, 2.24) is 15.0 Å². The van der Waals surface area contributed by atoms with Crippen LogP contribution in [0.4, 0.5) is 0 Å². The van der Waals surface area contributed by atoms with Crippen molar-refractivity contribution >= 4 is 5.97 Å². The Hall–Kier alpha value is -1.47. The summed E-state index contributed by atoms with van der Waals surface area (Å²) >= 11 is 0. The van der Waals surface area contributed by atoms with Gasteiger partial charge in [-0.15, -0.1) is 5.10 Å². The number of esters is 1. The molecule has 1 aromatic heterocycles. The molecule has 0 aliphatic carbocycles. The number of aromatic nitrogens is 3. The molecular weight excluding hydrogens is 226 g/mol. The largest absolute Gasteiger partial charge is 0.464 e. The standard InChI is InChI=1S/C10H17N3O4/c1-7(16-3)5-13-8(6-15-2)9(11-12-13)10(14)17-4/h7H,5-6H2,1-4H3. The van der Waals surface area contributed by atoms with Gasteiger partial charge in [0, 0.05) is 14.2 Å². The first kappa shape index (κ1) is 13.6. The Morgan fingerprint density at radius 3 is 2.65 bits per heavy atom. The van der Waals surface area contributed by atoms with Crippen LogP contribution in [-0.2, 0) is 27.4 Å². The molecule has 0 N–H and O–H groups in total. The van der Waals surface area contributed by atoms with Crippen molar-refractivity contribution in [3.63, 3.8) is 0 Å². The number of methoxy groups -OCH3 is 3. The Morgan fingerprint density at radius 1 is 1.41 bits per heavy atom. The van der Waals surface area contributed by atoms with E-state index >= 15 is 0 Å². The van der Waals surface area contributed by atoms with E-state index in [0.717, 1.165) is 0 Å². The van der Waals surface area contributed by atoms with Crippen molar-refractivity contribution in [1.29, 1.82) is 0 Å². The Kier molecular flexibility index (Phi) is 5.05. The lowest BCUT2D eigenvalue weighted by atomic mass is 10.3. The van der Waals surface area contributed by atoms with Gasteiger partial charge >= 0.3 is 5.97 Å². The van der Waals surface area contributed by atoms with Gasteiger partial charge in [-0.05, 0) is 6.92 Å². The molecular formula is C10H17N3O4. The Bertz CT molecular complexity index is 378. The first-order valence-electron chi connectivity index (χ1n) is 5.16. The zero-order chi connectivity index (χ0) is 12.8. The summed E-state index contributed by atoms with van der Waals surface area (Å²) in [5.41, 5.74) is 0.765. The van der Waals surface area contributed by atoms with Crippen LogP contribution in [0.25, 0.3) is 0 Å². The van der Waals surface area contributed by atoms with Gasteiger partial charge in [-0.2, -0.15) is 0 Å². The minimum absolute atomic E-state index is 0.0298. The van der Waals surface area contributed by atoms with E-state index in [1.807, 2.05) is 6.92 Å². The third-order valence-electron chi connectivity index (χ3n) is 2.33. The third kappa shape index (κ3) is 3.24. The Labute approximate surface area is 99.6 Å². The molecule has 1 aromatic rings. The number of carbonyl (C=O) groups is 1. The second kappa shape index (κ2) is 6.31. The van der Waals surface area contributed by atoms with Crippen molar-refractivity contribution < 1.29 is 19.0 Å². The molecule has 7 heteroatoms. The van der Waals surface area contributed by atoms with Crippen molar-refractivity contribution in [2.45, 2.75) is 26.2 Å². The molecule has 1 atom stereocenters. The van der Waals surface area contributed by atoms with Crippen molar-refractivity contribution in [3.8, 4) is 0 Å². The smallest absolute Gasteiger partial charge is 0.360 e. The molecule has 0 aliphatic rings. The minimum Gasteiger partial charge on any atom is -0.464 e. The summed E-state index contributed by atoms with van der Waals surface area (Å²) in [5.74, 6) is -0.520. The van der Waals surface area contributed by atoms with Gasteiger partial charge in [0.2, 0.25) is 0 Å².